The zero-order valence-electron chi connectivity index (χ0n) is 16.7. The molecular weight excluding hydrogens is 394 g/mol. The van der Waals surface area contributed by atoms with Gasteiger partial charge in [0.1, 0.15) is 5.69 Å². The maximum absolute atomic E-state index is 12.5. The predicted molar refractivity (Wildman–Crippen MR) is 111 cm³/mol. The van der Waals surface area contributed by atoms with Gasteiger partial charge in [-0.2, -0.15) is 10.2 Å². The zero-order chi connectivity index (χ0) is 20.8. The van der Waals surface area contributed by atoms with Crippen molar-refractivity contribution >= 4 is 23.2 Å². The number of aromatic nitrogens is 4. The molecule has 0 saturated carbocycles. The smallest absolute Gasteiger partial charge is 0.275 e. The van der Waals surface area contributed by atoms with Crippen molar-refractivity contribution in [2.75, 3.05) is 18.5 Å². The zero-order valence-corrected chi connectivity index (χ0v) is 17.4. The lowest BCUT2D eigenvalue weighted by atomic mass is 10.2. The Balaban J connectivity index is 1.71. The highest BCUT2D eigenvalue weighted by molar-refractivity contribution is 6.34. The first-order valence-electron chi connectivity index (χ1n) is 9.49. The van der Waals surface area contributed by atoms with E-state index in [2.05, 4.69) is 15.5 Å². The van der Waals surface area contributed by atoms with Gasteiger partial charge in [0.15, 0.2) is 11.5 Å². The fraction of sp³-hybridized carbons (Fsp3) is 0.350. The number of halogens is 1. The lowest BCUT2D eigenvalue weighted by Gasteiger charge is -2.12. The topological polar surface area (TPSA) is 83.2 Å². The molecule has 1 amide bonds. The highest BCUT2D eigenvalue weighted by Crippen LogP contribution is 2.29. The molecule has 1 N–H and O–H groups in total. The molecule has 0 bridgehead atoms. The van der Waals surface area contributed by atoms with Crippen LogP contribution in [0.15, 0.2) is 36.8 Å². The summed E-state index contributed by atoms with van der Waals surface area (Å²) in [6.07, 6.45) is 4.82. The Morgan fingerprint density at radius 1 is 1.10 bits per heavy atom. The normalized spacial score (nSPS) is 10.8. The van der Waals surface area contributed by atoms with Gasteiger partial charge in [0.25, 0.3) is 5.91 Å². The molecule has 0 aliphatic heterocycles. The molecule has 0 aliphatic carbocycles. The van der Waals surface area contributed by atoms with Crippen LogP contribution in [-0.2, 0) is 13.1 Å². The van der Waals surface area contributed by atoms with E-state index in [1.54, 1.807) is 21.8 Å². The number of amides is 1. The Labute approximate surface area is 174 Å². The van der Waals surface area contributed by atoms with Crippen LogP contribution in [0.5, 0.6) is 11.5 Å². The molecule has 0 fully saturated rings. The fourth-order valence-corrected chi connectivity index (χ4v) is 3.14. The van der Waals surface area contributed by atoms with Crippen LogP contribution in [0, 0.1) is 0 Å². The highest BCUT2D eigenvalue weighted by Gasteiger charge is 2.17. The van der Waals surface area contributed by atoms with Crippen molar-refractivity contribution in [2.45, 2.75) is 33.9 Å². The second kappa shape index (κ2) is 9.47. The second-order valence-corrected chi connectivity index (χ2v) is 6.59. The Kier molecular flexibility index (Phi) is 6.77. The van der Waals surface area contributed by atoms with Gasteiger partial charge in [-0.3, -0.25) is 14.2 Å². The van der Waals surface area contributed by atoms with Crippen LogP contribution in [0.1, 0.15) is 36.8 Å². The maximum Gasteiger partial charge on any atom is 0.275 e. The third-order valence-corrected chi connectivity index (χ3v) is 4.43. The minimum absolute atomic E-state index is 0.314. The predicted octanol–water partition coefficient (Wildman–Crippen LogP) is 3.85. The average Bonchev–Trinajstić information content (AvgIpc) is 3.30. The standard InChI is InChI=1S/C20H24ClN5O3/c1-4-26-19(16(21)11-23-26)20(27)24-15-10-22-25(13-15)12-14-7-8-17(28-5-2)18(9-14)29-6-3/h7-11,13H,4-6,12H2,1-3H3,(H,24,27). The molecule has 154 valence electrons. The van der Waals surface area contributed by atoms with E-state index in [0.717, 1.165) is 11.3 Å². The summed E-state index contributed by atoms with van der Waals surface area (Å²) in [6.45, 7) is 7.96. The summed E-state index contributed by atoms with van der Waals surface area (Å²) in [5.41, 5.74) is 1.91. The molecule has 0 aliphatic rings. The molecule has 29 heavy (non-hydrogen) atoms. The summed E-state index contributed by atoms with van der Waals surface area (Å²) in [7, 11) is 0. The SMILES string of the molecule is CCOc1ccc(Cn2cc(NC(=O)c3c(Cl)cnn3CC)cn2)cc1OCC. The maximum atomic E-state index is 12.5. The van der Waals surface area contributed by atoms with Crippen LogP contribution in [0.3, 0.4) is 0 Å². The van der Waals surface area contributed by atoms with Crippen molar-refractivity contribution in [1.29, 1.82) is 0 Å². The Morgan fingerprint density at radius 3 is 2.59 bits per heavy atom. The third-order valence-electron chi connectivity index (χ3n) is 4.15. The summed E-state index contributed by atoms with van der Waals surface area (Å²) in [5.74, 6) is 1.10. The molecule has 0 saturated heterocycles. The Bertz CT molecular complexity index is 982. The lowest BCUT2D eigenvalue weighted by molar-refractivity contribution is 0.101. The quantitative estimate of drug-likeness (QED) is 0.571. The fourth-order valence-electron chi connectivity index (χ4n) is 2.91. The van der Waals surface area contributed by atoms with Crippen LogP contribution >= 0.6 is 11.6 Å². The number of benzene rings is 1. The summed E-state index contributed by atoms with van der Waals surface area (Å²) in [5, 5.41) is 11.5. The van der Waals surface area contributed by atoms with Crippen molar-refractivity contribution in [3.63, 3.8) is 0 Å². The number of ether oxygens (including phenoxy) is 2. The van der Waals surface area contributed by atoms with E-state index in [1.807, 2.05) is 39.0 Å². The molecular formula is C20H24ClN5O3. The van der Waals surface area contributed by atoms with Crippen molar-refractivity contribution in [1.82, 2.24) is 19.6 Å². The van der Waals surface area contributed by atoms with Crippen molar-refractivity contribution in [3.8, 4) is 11.5 Å². The number of carbonyl (C=O) groups excluding carboxylic acids is 1. The molecule has 2 aromatic heterocycles. The molecule has 1 aromatic carbocycles. The van der Waals surface area contributed by atoms with Gasteiger partial charge in [0, 0.05) is 12.7 Å². The first-order chi connectivity index (χ1) is 14.0. The Hall–Kier alpha value is -3.00. The van der Waals surface area contributed by atoms with Crippen LogP contribution < -0.4 is 14.8 Å². The van der Waals surface area contributed by atoms with Crippen LogP contribution in [0.2, 0.25) is 5.02 Å². The van der Waals surface area contributed by atoms with Gasteiger partial charge in [0.2, 0.25) is 0 Å². The second-order valence-electron chi connectivity index (χ2n) is 6.18. The monoisotopic (exact) mass is 417 g/mol. The number of hydrogen-bond donors (Lipinski definition) is 1. The summed E-state index contributed by atoms with van der Waals surface area (Å²) in [6, 6.07) is 5.80. The molecule has 3 rings (SSSR count). The number of rotatable bonds is 9. The molecule has 9 heteroatoms. The number of nitrogens with zero attached hydrogens (tertiary/aromatic N) is 4. The molecule has 0 radical (unpaired) electrons. The lowest BCUT2D eigenvalue weighted by Crippen LogP contribution is -2.17. The summed E-state index contributed by atoms with van der Waals surface area (Å²) >= 11 is 6.09. The molecule has 8 nitrogen and oxygen atoms in total. The Morgan fingerprint density at radius 2 is 1.86 bits per heavy atom. The first kappa shape index (κ1) is 20.7. The van der Waals surface area contributed by atoms with Gasteiger partial charge in [0.05, 0.1) is 42.9 Å². The van der Waals surface area contributed by atoms with Gasteiger partial charge in [-0.25, -0.2) is 0 Å². The van der Waals surface area contributed by atoms with Crippen LogP contribution in [0.25, 0.3) is 0 Å². The number of nitrogens with one attached hydrogen (secondary N) is 1. The van der Waals surface area contributed by atoms with Gasteiger partial charge in [-0.15, -0.1) is 0 Å². The van der Waals surface area contributed by atoms with E-state index < -0.39 is 0 Å². The van der Waals surface area contributed by atoms with Crippen LogP contribution in [0.4, 0.5) is 5.69 Å². The first-order valence-corrected chi connectivity index (χ1v) is 9.87. The van der Waals surface area contributed by atoms with Crippen molar-refractivity contribution < 1.29 is 14.3 Å². The summed E-state index contributed by atoms with van der Waals surface area (Å²) < 4.78 is 14.6. The number of carbonyl (C=O) groups is 1. The number of aryl methyl sites for hydroxylation is 1. The third kappa shape index (κ3) is 4.89. The van der Waals surface area contributed by atoms with Gasteiger partial charge in [-0.05, 0) is 38.5 Å². The summed E-state index contributed by atoms with van der Waals surface area (Å²) in [4.78, 5) is 12.5. The van der Waals surface area contributed by atoms with E-state index in [9.17, 15) is 4.79 Å². The largest absolute Gasteiger partial charge is 0.490 e. The van der Waals surface area contributed by atoms with Gasteiger partial charge in [-0.1, -0.05) is 17.7 Å². The number of anilines is 1. The minimum atomic E-state index is -0.325. The molecule has 0 unspecified atom stereocenters. The minimum Gasteiger partial charge on any atom is -0.490 e. The molecule has 0 atom stereocenters. The van der Waals surface area contributed by atoms with E-state index >= 15 is 0 Å². The number of hydrogen-bond acceptors (Lipinski definition) is 5. The van der Waals surface area contributed by atoms with Gasteiger partial charge < -0.3 is 14.8 Å². The van der Waals surface area contributed by atoms with Crippen molar-refractivity contribution in [3.05, 3.63) is 53.1 Å². The molecule has 0 spiro atoms. The van der Waals surface area contributed by atoms with E-state index in [4.69, 9.17) is 21.1 Å². The molecule has 3 aromatic rings. The van der Waals surface area contributed by atoms with Crippen molar-refractivity contribution in [2.24, 2.45) is 0 Å². The van der Waals surface area contributed by atoms with E-state index in [-0.39, 0.29) is 5.91 Å². The average molecular weight is 418 g/mol. The van der Waals surface area contributed by atoms with Crippen LogP contribution in [-0.4, -0.2) is 38.7 Å². The highest BCUT2D eigenvalue weighted by atomic mass is 35.5. The van der Waals surface area contributed by atoms with E-state index in [1.165, 1.54) is 6.20 Å². The van der Waals surface area contributed by atoms with Gasteiger partial charge >= 0.3 is 0 Å². The molecule has 2 heterocycles. The van der Waals surface area contributed by atoms with E-state index in [0.29, 0.717) is 48.5 Å².